The number of hydrogen-bond acceptors (Lipinski definition) is 4. The molecule has 0 aromatic rings. The fraction of sp³-hybridized carbons (Fsp3) is 0.889. The van der Waals surface area contributed by atoms with Gasteiger partial charge in [0.05, 0.1) is 17.8 Å². The van der Waals surface area contributed by atoms with Gasteiger partial charge in [-0.1, -0.05) is 12.8 Å². The molecule has 0 N–H and O–H groups in total. The molecule has 0 aliphatic heterocycles. The smallest absolute Gasteiger partial charge is 0.365 e. The summed E-state index contributed by atoms with van der Waals surface area (Å²) in [6.07, 6.45) is 4.18. The third-order valence-electron chi connectivity index (χ3n) is 2.55. The molecule has 0 amide bonds. The molecule has 0 unspecified atom stereocenters. The highest BCUT2D eigenvalue weighted by Gasteiger charge is 2.46. The predicted molar refractivity (Wildman–Crippen MR) is 49.2 cm³/mol. The van der Waals surface area contributed by atoms with E-state index in [0.717, 1.165) is 25.7 Å². The van der Waals surface area contributed by atoms with Gasteiger partial charge in [0.25, 0.3) is 0 Å². The zero-order chi connectivity index (χ0) is 10.6. The molecule has 5 heteroatoms. The average molecular weight is 201 g/mol. The Bertz CT molecular complexity index is 231. The van der Waals surface area contributed by atoms with E-state index >= 15 is 0 Å². The van der Waals surface area contributed by atoms with Gasteiger partial charge >= 0.3 is 11.7 Å². The van der Waals surface area contributed by atoms with Crippen molar-refractivity contribution in [1.82, 2.24) is 0 Å². The summed E-state index contributed by atoms with van der Waals surface area (Å²) in [6, 6.07) is 0. The van der Waals surface area contributed by atoms with Crippen LogP contribution in [0.25, 0.3) is 0 Å². The molecule has 1 saturated carbocycles. The maximum Gasteiger partial charge on any atom is 0.365 e. The molecule has 1 aliphatic rings. The second-order valence-corrected chi connectivity index (χ2v) is 3.71. The molecule has 1 fully saturated rings. The minimum atomic E-state index is -1.44. The van der Waals surface area contributed by atoms with Crippen LogP contribution in [-0.2, 0) is 9.53 Å². The lowest BCUT2D eigenvalue weighted by Gasteiger charge is -2.22. The van der Waals surface area contributed by atoms with E-state index in [1.807, 2.05) is 0 Å². The van der Waals surface area contributed by atoms with Crippen LogP contribution in [0.15, 0.2) is 0 Å². The highest BCUT2D eigenvalue weighted by atomic mass is 16.7. The molecule has 0 spiro atoms. The fourth-order valence-electron chi connectivity index (χ4n) is 1.87. The molecular formula is C9H15NO4. The Balaban J connectivity index is 2.77. The Morgan fingerprint density at radius 2 is 1.79 bits per heavy atom. The Kier molecular flexibility index (Phi) is 3.43. The minimum absolute atomic E-state index is 0.347. The van der Waals surface area contributed by atoms with Gasteiger partial charge in [-0.2, -0.15) is 0 Å². The summed E-state index contributed by atoms with van der Waals surface area (Å²) in [5, 5.41) is 10.9. The van der Waals surface area contributed by atoms with Gasteiger partial charge in [-0.05, 0) is 12.8 Å². The van der Waals surface area contributed by atoms with E-state index in [1.165, 1.54) is 6.92 Å². The third-order valence-corrected chi connectivity index (χ3v) is 2.55. The molecule has 1 aliphatic carbocycles. The molecule has 80 valence electrons. The van der Waals surface area contributed by atoms with E-state index in [4.69, 9.17) is 4.74 Å². The van der Waals surface area contributed by atoms with Crippen molar-refractivity contribution in [3.8, 4) is 0 Å². The molecule has 14 heavy (non-hydrogen) atoms. The number of esters is 1. The van der Waals surface area contributed by atoms with Crippen LogP contribution in [0.3, 0.4) is 0 Å². The monoisotopic (exact) mass is 201 g/mol. The number of hydrogen-bond donors (Lipinski definition) is 0. The topological polar surface area (TPSA) is 69.4 Å². The van der Waals surface area contributed by atoms with Crippen LogP contribution in [-0.4, -0.2) is 16.6 Å². The zero-order valence-electron chi connectivity index (χ0n) is 8.32. The van der Waals surface area contributed by atoms with E-state index < -0.39 is 16.6 Å². The van der Waals surface area contributed by atoms with Crippen molar-refractivity contribution in [2.24, 2.45) is 0 Å². The minimum Gasteiger partial charge on any atom is -0.396 e. The van der Waals surface area contributed by atoms with Crippen molar-refractivity contribution in [2.75, 3.05) is 0 Å². The maximum atomic E-state index is 10.9. The Labute approximate surface area is 82.6 Å². The third kappa shape index (κ3) is 2.43. The largest absolute Gasteiger partial charge is 0.396 e. The summed E-state index contributed by atoms with van der Waals surface area (Å²) in [7, 11) is 0. The first kappa shape index (κ1) is 10.9. The normalized spacial score (nSPS) is 20.9. The number of ether oxygens (including phenoxy) is 1. The van der Waals surface area contributed by atoms with Gasteiger partial charge in [0.15, 0.2) is 0 Å². The first-order chi connectivity index (χ1) is 6.57. The van der Waals surface area contributed by atoms with E-state index in [1.54, 1.807) is 0 Å². The molecule has 0 aromatic heterocycles. The van der Waals surface area contributed by atoms with Gasteiger partial charge < -0.3 is 4.74 Å². The van der Waals surface area contributed by atoms with Crippen LogP contribution >= 0.6 is 0 Å². The van der Waals surface area contributed by atoms with E-state index in [9.17, 15) is 14.9 Å². The Hall–Kier alpha value is -1.13. The van der Waals surface area contributed by atoms with Crippen LogP contribution in [0.5, 0.6) is 0 Å². The second kappa shape index (κ2) is 4.39. The zero-order valence-corrected chi connectivity index (χ0v) is 8.32. The summed E-state index contributed by atoms with van der Waals surface area (Å²) in [6.45, 7) is 1.22. The summed E-state index contributed by atoms with van der Waals surface area (Å²) in [4.78, 5) is 21.3. The van der Waals surface area contributed by atoms with Crippen LogP contribution in [0.2, 0.25) is 0 Å². The van der Waals surface area contributed by atoms with Gasteiger partial charge in [-0.3, -0.25) is 14.9 Å². The van der Waals surface area contributed by atoms with Crippen LogP contribution < -0.4 is 0 Å². The summed E-state index contributed by atoms with van der Waals surface area (Å²) in [5.74, 6) is -0.566. The van der Waals surface area contributed by atoms with Crippen molar-refractivity contribution in [2.45, 2.75) is 51.2 Å². The molecule has 0 radical (unpaired) electrons. The van der Waals surface area contributed by atoms with Gasteiger partial charge in [0.1, 0.15) is 0 Å². The molecule has 0 aromatic carbocycles. The molecule has 0 bridgehead atoms. The van der Waals surface area contributed by atoms with Crippen molar-refractivity contribution in [1.29, 1.82) is 0 Å². The van der Waals surface area contributed by atoms with E-state index in [2.05, 4.69) is 0 Å². The number of nitro groups is 1. The molecule has 1 rings (SSSR count). The molecule has 5 nitrogen and oxygen atoms in total. The molecule has 0 atom stereocenters. The van der Waals surface area contributed by atoms with Gasteiger partial charge in [-0.15, -0.1) is 0 Å². The summed E-state index contributed by atoms with van der Waals surface area (Å²) >= 11 is 0. The number of carbonyl (C=O) groups is 1. The van der Waals surface area contributed by atoms with Gasteiger partial charge in [-0.25, -0.2) is 0 Å². The van der Waals surface area contributed by atoms with E-state index in [-0.39, 0.29) is 0 Å². The summed E-state index contributed by atoms with van der Waals surface area (Å²) < 4.78 is 4.88. The predicted octanol–water partition coefficient (Wildman–Crippen LogP) is 1.88. The number of carbonyl (C=O) groups excluding carboxylic acids is 1. The highest BCUT2D eigenvalue weighted by molar-refractivity contribution is 5.66. The van der Waals surface area contributed by atoms with Gasteiger partial charge in [0, 0.05) is 6.92 Å². The molecule has 0 heterocycles. The fourth-order valence-corrected chi connectivity index (χ4v) is 1.87. The second-order valence-electron chi connectivity index (χ2n) is 3.71. The first-order valence-electron chi connectivity index (χ1n) is 4.91. The van der Waals surface area contributed by atoms with Crippen molar-refractivity contribution in [3.05, 3.63) is 10.1 Å². The molecular weight excluding hydrogens is 186 g/mol. The standard InChI is InChI=1S/C9H15NO4/c1-8(11)14-9(10(12)13)6-4-2-3-5-7-9/h2-7H2,1H3. The molecule has 0 saturated heterocycles. The highest BCUT2D eigenvalue weighted by Crippen LogP contribution is 2.31. The van der Waals surface area contributed by atoms with Crippen LogP contribution in [0.4, 0.5) is 0 Å². The number of nitrogens with zero attached hydrogens (tertiary/aromatic N) is 1. The van der Waals surface area contributed by atoms with E-state index in [0.29, 0.717) is 12.8 Å². The van der Waals surface area contributed by atoms with Crippen molar-refractivity contribution < 1.29 is 14.5 Å². The lowest BCUT2D eigenvalue weighted by Crippen LogP contribution is -2.42. The van der Waals surface area contributed by atoms with Crippen LogP contribution in [0, 0.1) is 10.1 Å². The van der Waals surface area contributed by atoms with Crippen molar-refractivity contribution in [3.63, 3.8) is 0 Å². The quantitative estimate of drug-likeness (QED) is 0.225. The number of rotatable bonds is 2. The maximum absolute atomic E-state index is 10.9. The lowest BCUT2D eigenvalue weighted by molar-refractivity contribution is -0.623. The average Bonchev–Trinajstić information content (AvgIpc) is 2.29. The Morgan fingerprint density at radius 3 is 2.14 bits per heavy atom. The lowest BCUT2D eigenvalue weighted by atomic mass is 10.1. The van der Waals surface area contributed by atoms with Crippen LogP contribution in [0.1, 0.15) is 45.4 Å². The first-order valence-corrected chi connectivity index (χ1v) is 4.91. The summed E-state index contributed by atoms with van der Waals surface area (Å²) in [5.41, 5.74) is -1.44. The van der Waals surface area contributed by atoms with Gasteiger partial charge in [0.2, 0.25) is 0 Å². The Morgan fingerprint density at radius 1 is 1.29 bits per heavy atom. The van der Waals surface area contributed by atoms with Crippen molar-refractivity contribution >= 4 is 5.97 Å². The SMILES string of the molecule is CC(=O)OC1([N+](=O)[O-])CCCCCC1.